The molecule has 51 heavy (non-hydrogen) atoms. The minimum atomic E-state index is -1.08. The molecule has 0 N–H and O–H groups in total. The molecule has 0 aliphatic heterocycles. The van der Waals surface area contributed by atoms with E-state index in [-0.39, 0.29) is 16.2 Å². The van der Waals surface area contributed by atoms with Crippen molar-refractivity contribution in [3.8, 4) is 33.4 Å². The van der Waals surface area contributed by atoms with Crippen LogP contribution in [-0.2, 0) is 0 Å². The molecule has 0 bridgehead atoms. The molecule has 1 heteroatoms. The van der Waals surface area contributed by atoms with Crippen LogP contribution in [0, 0.1) is 0 Å². The van der Waals surface area contributed by atoms with E-state index in [0.29, 0.717) is 0 Å². The van der Waals surface area contributed by atoms with Crippen molar-refractivity contribution in [1.82, 2.24) is 0 Å². The first-order valence-electron chi connectivity index (χ1n) is 29.7. The molecule has 0 radical (unpaired) electrons. The highest BCUT2D eigenvalue weighted by Crippen LogP contribution is 2.47. The molecule has 11 aromatic rings. The lowest BCUT2D eigenvalue weighted by atomic mass is 9.84. The van der Waals surface area contributed by atoms with Crippen molar-refractivity contribution in [1.29, 1.82) is 0 Å². The summed E-state index contributed by atoms with van der Waals surface area (Å²) in [5, 5.41) is -6.37. The maximum absolute atomic E-state index is 9.66. The number of hydrogen-bond donors (Lipinski definition) is 0. The number of rotatable bonds is 3. The Morgan fingerprint density at radius 1 is 0.353 bits per heavy atom. The zero-order valence-corrected chi connectivity index (χ0v) is 25.5. The Bertz CT molecular complexity index is 4760. The van der Waals surface area contributed by atoms with Gasteiger partial charge in [-0.05, 0) is 100.0 Å². The van der Waals surface area contributed by atoms with Gasteiger partial charge in [-0.2, -0.15) is 0 Å². The highest BCUT2D eigenvalue weighted by molar-refractivity contribution is 6.27. The summed E-state index contributed by atoms with van der Waals surface area (Å²) in [7, 11) is 0. The molecule has 0 spiro atoms. The van der Waals surface area contributed by atoms with Crippen LogP contribution in [0.4, 0.5) is 0 Å². The molecular weight excluding hydrogens is 617 g/mol. The summed E-state index contributed by atoms with van der Waals surface area (Å²) >= 11 is 0. The lowest BCUT2D eigenvalue weighted by molar-refractivity contribution is 0.673. The highest BCUT2D eigenvalue weighted by atomic mass is 16.3. The number of benzene rings is 10. The second-order valence-electron chi connectivity index (χ2n) is 11.3. The molecule has 0 saturated carbocycles. The molecule has 0 aliphatic carbocycles. The van der Waals surface area contributed by atoms with Gasteiger partial charge < -0.3 is 4.42 Å². The van der Waals surface area contributed by atoms with Crippen molar-refractivity contribution in [2.24, 2.45) is 0 Å². The van der Waals surface area contributed by atoms with Crippen molar-refractivity contribution in [2.75, 3.05) is 0 Å². The largest absolute Gasteiger partial charge is 0.455 e. The zero-order valence-electron chi connectivity index (χ0n) is 54.5. The predicted molar refractivity (Wildman–Crippen MR) is 218 cm³/mol. The van der Waals surface area contributed by atoms with E-state index in [1.54, 1.807) is 0 Å². The van der Waals surface area contributed by atoms with Crippen LogP contribution in [0.25, 0.3) is 109 Å². The van der Waals surface area contributed by atoms with Crippen LogP contribution in [0.3, 0.4) is 0 Å². The average molecular weight is 676 g/mol. The Morgan fingerprint density at radius 3 is 1.65 bits per heavy atom. The van der Waals surface area contributed by atoms with E-state index in [0.717, 1.165) is 6.07 Å². The first kappa shape index (κ1) is 12.0. The number of furan rings is 1. The van der Waals surface area contributed by atoms with Crippen LogP contribution in [0.1, 0.15) is 39.8 Å². The molecule has 0 amide bonds. The third kappa shape index (κ3) is 4.22. The maximum Gasteiger partial charge on any atom is 0.143 e. The van der Waals surface area contributed by atoms with Crippen LogP contribution in [0.2, 0.25) is 0 Å². The molecular formula is C50H30O. The summed E-state index contributed by atoms with van der Waals surface area (Å²) in [6, 6.07) is -24.5. The molecule has 1 aromatic heterocycles. The van der Waals surface area contributed by atoms with Crippen LogP contribution in [0.15, 0.2) is 186 Å². The Hall–Kier alpha value is -6.70. The lowest BCUT2D eigenvalue weighted by Crippen LogP contribution is -1.91. The van der Waals surface area contributed by atoms with Crippen LogP contribution in [0.5, 0.6) is 0 Å². The van der Waals surface area contributed by atoms with Crippen molar-refractivity contribution >= 4 is 75.8 Å². The van der Waals surface area contributed by atoms with E-state index >= 15 is 0 Å². The van der Waals surface area contributed by atoms with Gasteiger partial charge in [0.15, 0.2) is 0 Å². The smallest absolute Gasteiger partial charge is 0.143 e. The van der Waals surface area contributed by atoms with Crippen molar-refractivity contribution < 1.29 is 44.2 Å². The van der Waals surface area contributed by atoms with Gasteiger partial charge in [-0.15, -0.1) is 0 Å². The van der Waals surface area contributed by atoms with Gasteiger partial charge in [-0.25, -0.2) is 0 Å². The standard InChI is InChI=1S/C50H30O/c1-3-12-37-32(10-1)22-25-36-30-35(27-28-38(36)37)31-20-23-34(24-21-31)47-40-14-5-7-16-42(40)48(43-17-8-6-15-41(43)47)44-18-9-19-46-49(44)45-29-26-33-11-2-4-13-39(33)50(45)51-46/h1-30H/i1D,2D,3D,4D,5D,6D,7D,8D,9D,10D,11D,12D,13D,14D,15D,16D,17D,18D,19D,20D,21D,22D,23D,24D,25D,26D,27D,29D,30D. The monoisotopic (exact) mass is 675 g/mol. The normalized spacial score (nSPS) is 19.9. The van der Waals surface area contributed by atoms with Crippen LogP contribution >= 0.6 is 0 Å². The fraction of sp³-hybridized carbons (Fsp3) is 0. The van der Waals surface area contributed by atoms with Gasteiger partial charge in [0.2, 0.25) is 0 Å². The number of fused-ring (bicyclic) bond motifs is 10. The Kier molecular flexibility index (Phi) is 2.56. The summed E-state index contributed by atoms with van der Waals surface area (Å²) in [4.78, 5) is 0. The minimum absolute atomic E-state index is 0.244. The molecule has 0 aliphatic rings. The van der Waals surface area contributed by atoms with Crippen molar-refractivity contribution in [2.45, 2.75) is 0 Å². The second-order valence-corrected chi connectivity index (χ2v) is 11.3. The summed E-state index contributed by atoms with van der Waals surface area (Å²) in [5.41, 5.74) is -5.62. The fourth-order valence-corrected chi connectivity index (χ4v) is 6.45. The van der Waals surface area contributed by atoms with Gasteiger partial charge in [0.25, 0.3) is 0 Å². The average Bonchev–Trinajstić information content (AvgIpc) is 4.01. The summed E-state index contributed by atoms with van der Waals surface area (Å²) < 4.78 is 269. The maximum atomic E-state index is 9.66. The fourth-order valence-electron chi connectivity index (χ4n) is 6.45. The van der Waals surface area contributed by atoms with Gasteiger partial charge >= 0.3 is 0 Å². The van der Waals surface area contributed by atoms with Crippen molar-refractivity contribution in [3.05, 3.63) is 181 Å². The van der Waals surface area contributed by atoms with Gasteiger partial charge in [0.1, 0.15) is 11.2 Å². The molecule has 0 atom stereocenters. The Morgan fingerprint density at radius 2 is 0.922 bits per heavy atom. The highest BCUT2D eigenvalue weighted by Gasteiger charge is 2.21. The van der Waals surface area contributed by atoms with E-state index in [4.69, 9.17) is 27.7 Å². The Balaban J connectivity index is 1.35. The molecule has 1 nitrogen and oxygen atoms in total. The summed E-state index contributed by atoms with van der Waals surface area (Å²) in [6.45, 7) is 0. The van der Waals surface area contributed by atoms with E-state index in [2.05, 4.69) is 0 Å². The second kappa shape index (κ2) is 10.9. The number of hydrogen-bond acceptors (Lipinski definition) is 1. The SMILES string of the molecule is [2H]c1cc2c(c([2H])c1-c1c([2H])c([2H])c(-c3c4c([2H])c([2H])c([2H])c([2H])c4c(-c4c([2H])c([2H])c([2H])c5oc6c7c([2H])c([2H])c([2H])c([2H])c7c([2H])c([2H])c6c45)c4c([2H])c([2H])c([2H])c([2H])c34)c([2H])c1[2H])c([2H])c([2H])c1c([2H])c([2H])c([2H])c([2H])c12. The third-order valence-electron chi connectivity index (χ3n) is 8.65. The minimum Gasteiger partial charge on any atom is -0.455 e. The lowest BCUT2D eigenvalue weighted by Gasteiger charge is -2.18. The molecule has 1 heterocycles. The van der Waals surface area contributed by atoms with E-state index in [1.807, 2.05) is 0 Å². The van der Waals surface area contributed by atoms with Crippen LogP contribution in [-0.4, -0.2) is 0 Å². The first-order valence-corrected chi connectivity index (χ1v) is 15.2. The van der Waals surface area contributed by atoms with Gasteiger partial charge in [0.05, 0.1) is 39.8 Å². The summed E-state index contributed by atoms with van der Waals surface area (Å²) in [5.74, 6) is 0. The molecule has 0 saturated heterocycles. The van der Waals surface area contributed by atoms with Crippen molar-refractivity contribution in [3.63, 3.8) is 0 Å². The van der Waals surface area contributed by atoms with Crippen LogP contribution < -0.4 is 0 Å². The predicted octanol–water partition coefficient (Wildman–Crippen LogP) is 14.4. The zero-order chi connectivity index (χ0) is 58.7. The van der Waals surface area contributed by atoms with E-state index in [9.17, 15) is 16.4 Å². The van der Waals surface area contributed by atoms with Gasteiger partial charge in [0, 0.05) is 16.2 Å². The first-order chi connectivity index (χ1) is 37.4. The third-order valence-corrected chi connectivity index (χ3v) is 8.65. The quantitative estimate of drug-likeness (QED) is 0.134. The summed E-state index contributed by atoms with van der Waals surface area (Å²) in [6.07, 6.45) is 0. The molecule has 11 rings (SSSR count). The Labute approximate surface area is 335 Å². The van der Waals surface area contributed by atoms with E-state index in [1.165, 1.54) is 0 Å². The topological polar surface area (TPSA) is 13.1 Å². The van der Waals surface area contributed by atoms with Gasteiger partial charge in [-0.1, -0.05) is 163 Å². The van der Waals surface area contributed by atoms with E-state index < -0.39 is 268 Å². The molecule has 0 unspecified atom stereocenters. The molecule has 236 valence electrons. The molecule has 0 fully saturated rings. The van der Waals surface area contributed by atoms with Gasteiger partial charge in [-0.3, -0.25) is 0 Å². The molecule has 10 aromatic carbocycles.